The molecular weight excluding hydrogens is 268 g/mol. The average Bonchev–Trinajstić information content (AvgIpc) is 3.02. The van der Waals surface area contributed by atoms with E-state index >= 15 is 0 Å². The van der Waals surface area contributed by atoms with Gasteiger partial charge in [-0.15, -0.1) is 0 Å². The first-order valence-corrected chi connectivity index (χ1v) is 7.31. The van der Waals surface area contributed by atoms with E-state index in [1.165, 1.54) is 4.90 Å². The predicted octanol–water partition coefficient (Wildman–Crippen LogP) is 1.54. The molecule has 110 valence electrons. The highest BCUT2D eigenvalue weighted by molar-refractivity contribution is 6.21. The number of hydrogen-bond acceptors (Lipinski definition) is 3. The molecule has 3 amide bonds. The fourth-order valence-corrected chi connectivity index (χ4v) is 2.97. The SMILES string of the molecule is CC1CCN(C(=O)CCN2C(=O)c3ccccc3C2=O)C1. The number of amides is 3. The average molecular weight is 286 g/mol. The molecule has 1 fully saturated rings. The molecule has 1 saturated heterocycles. The quantitative estimate of drug-likeness (QED) is 0.792. The normalized spacial score (nSPS) is 21.1. The Morgan fingerprint density at radius 1 is 1.19 bits per heavy atom. The van der Waals surface area contributed by atoms with Gasteiger partial charge in [-0.05, 0) is 24.5 Å². The minimum Gasteiger partial charge on any atom is -0.342 e. The zero-order valence-electron chi connectivity index (χ0n) is 12.0. The zero-order valence-corrected chi connectivity index (χ0v) is 12.0. The number of nitrogens with zero attached hydrogens (tertiary/aromatic N) is 2. The third-order valence-electron chi connectivity index (χ3n) is 4.20. The smallest absolute Gasteiger partial charge is 0.261 e. The Morgan fingerprint density at radius 2 is 1.81 bits per heavy atom. The Morgan fingerprint density at radius 3 is 2.33 bits per heavy atom. The van der Waals surface area contributed by atoms with Crippen LogP contribution in [-0.4, -0.2) is 47.2 Å². The van der Waals surface area contributed by atoms with Crippen LogP contribution in [-0.2, 0) is 4.79 Å². The number of rotatable bonds is 3. The Kier molecular flexibility index (Phi) is 3.49. The summed E-state index contributed by atoms with van der Waals surface area (Å²) in [5, 5.41) is 0. The van der Waals surface area contributed by atoms with Crippen LogP contribution in [0.1, 0.15) is 40.5 Å². The van der Waals surface area contributed by atoms with E-state index in [-0.39, 0.29) is 30.7 Å². The molecule has 0 N–H and O–H groups in total. The van der Waals surface area contributed by atoms with Gasteiger partial charge in [0.2, 0.25) is 5.91 Å². The minimum absolute atomic E-state index is 0.0240. The maximum absolute atomic E-state index is 12.2. The Hall–Kier alpha value is -2.17. The van der Waals surface area contributed by atoms with Gasteiger partial charge in [-0.2, -0.15) is 0 Å². The molecule has 2 aliphatic heterocycles. The molecule has 3 rings (SSSR count). The molecule has 1 aromatic rings. The summed E-state index contributed by atoms with van der Waals surface area (Å²) >= 11 is 0. The van der Waals surface area contributed by atoms with E-state index in [9.17, 15) is 14.4 Å². The lowest BCUT2D eigenvalue weighted by molar-refractivity contribution is -0.130. The molecule has 5 heteroatoms. The van der Waals surface area contributed by atoms with E-state index in [1.807, 2.05) is 4.90 Å². The fraction of sp³-hybridized carbons (Fsp3) is 0.438. The van der Waals surface area contributed by atoms with Crippen LogP contribution in [0.2, 0.25) is 0 Å². The molecule has 1 atom stereocenters. The van der Waals surface area contributed by atoms with Crippen molar-refractivity contribution in [1.29, 1.82) is 0 Å². The summed E-state index contributed by atoms with van der Waals surface area (Å²) in [5.74, 6) is -0.0273. The van der Waals surface area contributed by atoms with Crippen molar-refractivity contribution in [2.45, 2.75) is 19.8 Å². The van der Waals surface area contributed by atoms with Crippen LogP contribution in [0, 0.1) is 5.92 Å². The standard InChI is InChI=1S/C16H18N2O3/c1-11-6-8-17(10-11)14(19)7-9-18-15(20)12-4-2-3-5-13(12)16(18)21/h2-5,11H,6-10H2,1H3. The van der Waals surface area contributed by atoms with Crippen LogP contribution >= 0.6 is 0 Å². The van der Waals surface area contributed by atoms with Crippen molar-refractivity contribution >= 4 is 17.7 Å². The first kappa shape index (κ1) is 13.8. The summed E-state index contributed by atoms with van der Waals surface area (Å²) < 4.78 is 0. The summed E-state index contributed by atoms with van der Waals surface area (Å²) in [6.45, 7) is 3.84. The predicted molar refractivity (Wildman–Crippen MR) is 76.8 cm³/mol. The second-order valence-corrected chi connectivity index (χ2v) is 5.79. The lowest BCUT2D eigenvalue weighted by Gasteiger charge is -2.18. The van der Waals surface area contributed by atoms with Gasteiger partial charge >= 0.3 is 0 Å². The molecule has 0 radical (unpaired) electrons. The molecule has 1 aromatic carbocycles. The molecule has 2 heterocycles. The van der Waals surface area contributed by atoms with E-state index in [1.54, 1.807) is 24.3 Å². The van der Waals surface area contributed by atoms with Crippen LogP contribution in [0.25, 0.3) is 0 Å². The Bertz CT molecular complexity index is 576. The van der Waals surface area contributed by atoms with E-state index in [2.05, 4.69) is 6.92 Å². The highest BCUT2D eigenvalue weighted by atomic mass is 16.2. The van der Waals surface area contributed by atoms with Crippen LogP contribution < -0.4 is 0 Å². The van der Waals surface area contributed by atoms with Gasteiger partial charge in [0.25, 0.3) is 11.8 Å². The van der Waals surface area contributed by atoms with Crippen LogP contribution in [0.4, 0.5) is 0 Å². The van der Waals surface area contributed by atoms with E-state index in [0.29, 0.717) is 17.0 Å². The van der Waals surface area contributed by atoms with Gasteiger partial charge in [-0.1, -0.05) is 19.1 Å². The van der Waals surface area contributed by atoms with Crippen LogP contribution in [0.3, 0.4) is 0 Å². The molecule has 5 nitrogen and oxygen atoms in total. The molecule has 1 unspecified atom stereocenters. The van der Waals surface area contributed by atoms with Crippen molar-refractivity contribution in [1.82, 2.24) is 9.80 Å². The summed E-state index contributed by atoms with van der Waals surface area (Å²) in [4.78, 5) is 39.5. The number of benzene rings is 1. The molecule has 0 aromatic heterocycles. The topological polar surface area (TPSA) is 57.7 Å². The lowest BCUT2D eigenvalue weighted by atomic mass is 10.1. The highest BCUT2D eigenvalue weighted by Crippen LogP contribution is 2.23. The van der Waals surface area contributed by atoms with Crippen molar-refractivity contribution < 1.29 is 14.4 Å². The third kappa shape index (κ3) is 2.44. The number of fused-ring (bicyclic) bond motifs is 1. The van der Waals surface area contributed by atoms with E-state index in [4.69, 9.17) is 0 Å². The molecule has 21 heavy (non-hydrogen) atoms. The maximum atomic E-state index is 12.2. The van der Waals surface area contributed by atoms with Crippen molar-refractivity contribution in [3.8, 4) is 0 Å². The summed E-state index contributed by atoms with van der Waals surface area (Å²) in [7, 11) is 0. The molecule has 2 aliphatic rings. The van der Waals surface area contributed by atoms with Gasteiger partial charge in [-0.25, -0.2) is 0 Å². The fourth-order valence-electron chi connectivity index (χ4n) is 2.97. The van der Waals surface area contributed by atoms with Crippen molar-refractivity contribution in [2.24, 2.45) is 5.92 Å². The third-order valence-corrected chi connectivity index (χ3v) is 4.20. The van der Waals surface area contributed by atoms with Crippen LogP contribution in [0.5, 0.6) is 0 Å². The number of imide groups is 1. The number of hydrogen-bond donors (Lipinski definition) is 0. The summed E-state index contributed by atoms with van der Waals surface area (Å²) in [6.07, 6.45) is 1.23. The van der Waals surface area contributed by atoms with Crippen molar-refractivity contribution in [3.63, 3.8) is 0 Å². The van der Waals surface area contributed by atoms with Gasteiger partial charge in [0.1, 0.15) is 0 Å². The van der Waals surface area contributed by atoms with Gasteiger partial charge in [0.05, 0.1) is 11.1 Å². The number of likely N-dealkylation sites (tertiary alicyclic amines) is 1. The van der Waals surface area contributed by atoms with E-state index < -0.39 is 0 Å². The van der Waals surface area contributed by atoms with Gasteiger partial charge in [0.15, 0.2) is 0 Å². The minimum atomic E-state index is -0.293. The Balaban J connectivity index is 1.63. The highest BCUT2D eigenvalue weighted by Gasteiger charge is 2.35. The summed E-state index contributed by atoms with van der Waals surface area (Å²) in [5.41, 5.74) is 0.870. The second-order valence-electron chi connectivity index (χ2n) is 5.79. The molecule has 0 aliphatic carbocycles. The monoisotopic (exact) mass is 286 g/mol. The molecule has 0 bridgehead atoms. The van der Waals surface area contributed by atoms with Gasteiger partial charge < -0.3 is 4.90 Å². The van der Waals surface area contributed by atoms with Crippen molar-refractivity contribution in [3.05, 3.63) is 35.4 Å². The first-order valence-electron chi connectivity index (χ1n) is 7.31. The second kappa shape index (κ2) is 5.31. The summed E-state index contributed by atoms with van der Waals surface area (Å²) in [6, 6.07) is 6.79. The van der Waals surface area contributed by atoms with Gasteiger partial charge in [0, 0.05) is 26.1 Å². The zero-order chi connectivity index (χ0) is 15.0. The molecular formula is C16H18N2O3. The molecule has 0 spiro atoms. The van der Waals surface area contributed by atoms with Crippen molar-refractivity contribution in [2.75, 3.05) is 19.6 Å². The van der Waals surface area contributed by atoms with E-state index in [0.717, 1.165) is 19.5 Å². The maximum Gasteiger partial charge on any atom is 0.261 e. The molecule has 0 saturated carbocycles. The first-order chi connectivity index (χ1) is 10.1. The Labute approximate surface area is 123 Å². The lowest BCUT2D eigenvalue weighted by Crippen LogP contribution is -2.35. The van der Waals surface area contributed by atoms with Crippen LogP contribution in [0.15, 0.2) is 24.3 Å². The van der Waals surface area contributed by atoms with Gasteiger partial charge in [-0.3, -0.25) is 19.3 Å². The number of carbonyl (C=O) groups excluding carboxylic acids is 3. The number of carbonyl (C=O) groups is 3. The largest absolute Gasteiger partial charge is 0.342 e.